The van der Waals surface area contributed by atoms with Crippen molar-refractivity contribution in [3.05, 3.63) is 44.4 Å². The number of halogens is 1. The van der Waals surface area contributed by atoms with Crippen molar-refractivity contribution in [3.8, 4) is 0 Å². The molecule has 0 saturated carbocycles. The zero-order chi connectivity index (χ0) is 19.7. The monoisotopic (exact) mass is 445 g/mol. The third kappa shape index (κ3) is 3.54. The summed E-state index contributed by atoms with van der Waals surface area (Å²) in [6.07, 6.45) is 4.53. The van der Waals surface area contributed by atoms with Gasteiger partial charge in [-0.25, -0.2) is 4.63 Å². The van der Waals surface area contributed by atoms with Crippen LogP contribution < -0.4 is 10.2 Å². The van der Waals surface area contributed by atoms with Gasteiger partial charge in [0, 0.05) is 23.2 Å². The van der Waals surface area contributed by atoms with Crippen molar-refractivity contribution < 1.29 is 9.55 Å². The van der Waals surface area contributed by atoms with E-state index in [1.165, 1.54) is 12.8 Å². The van der Waals surface area contributed by atoms with Gasteiger partial charge in [-0.05, 0) is 53.8 Å². The Hall–Kier alpha value is -2.68. The molecule has 0 radical (unpaired) electrons. The van der Waals surface area contributed by atoms with Crippen LogP contribution in [-0.2, 0) is 0 Å². The fourth-order valence-electron chi connectivity index (χ4n) is 3.57. The van der Waals surface area contributed by atoms with Crippen LogP contribution in [0.25, 0.3) is 11.0 Å². The van der Waals surface area contributed by atoms with Crippen molar-refractivity contribution in [2.24, 2.45) is 0 Å². The number of fused-ring (bicyclic) bond motifs is 1. The van der Waals surface area contributed by atoms with Gasteiger partial charge in [-0.2, -0.15) is 0 Å². The highest BCUT2D eigenvalue weighted by molar-refractivity contribution is 9.10. The Morgan fingerprint density at radius 2 is 1.86 bits per heavy atom. The Morgan fingerprint density at radius 1 is 1.14 bits per heavy atom. The largest absolute Gasteiger partial charge is 0.370 e. The minimum Gasteiger partial charge on any atom is -0.370 e. The highest BCUT2D eigenvalue weighted by atomic mass is 79.9. The predicted octanol–water partition coefficient (Wildman–Crippen LogP) is 5.33. The van der Waals surface area contributed by atoms with Crippen molar-refractivity contribution in [1.82, 2.24) is 10.3 Å². The SMILES string of the molecule is Cc1ccc(Nc2cc(N3CCCCCC3)c3nonc3c2[N+](=O)[O-])cc1Br. The molecule has 1 saturated heterocycles. The number of aryl methyl sites for hydroxylation is 1. The summed E-state index contributed by atoms with van der Waals surface area (Å²) >= 11 is 3.51. The van der Waals surface area contributed by atoms with Crippen LogP contribution in [0.4, 0.5) is 22.7 Å². The lowest BCUT2D eigenvalue weighted by Crippen LogP contribution is -2.24. The lowest BCUT2D eigenvalue weighted by molar-refractivity contribution is -0.382. The average Bonchev–Trinajstić information content (AvgIpc) is 2.98. The summed E-state index contributed by atoms with van der Waals surface area (Å²) in [4.78, 5) is 13.6. The quantitative estimate of drug-likeness (QED) is 0.428. The Labute approximate surface area is 170 Å². The first-order valence-electron chi connectivity index (χ1n) is 9.26. The summed E-state index contributed by atoms with van der Waals surface area (Å²) < 4.78 is 5.82. The van der Waals surface area contributed by atoms with Crippen molar-refractivity contribution in [2.75, 3.05) is 23.3 Å². The molecule has 0 unspecified atom stereocenters. The van der Waals surface area contributed by atoms with Gasteiger partial charge in [-0.1, -0.05) is 34.8 Å². The number of aromatic nitrogens is 2. The number of nitro benzene ring substituents is 1. The van der Waals surface area contributed by atoms with Crippen molar-refractivity contribution in [2.45, 2.75) is 32.6 Å². The lowest BCUT2D eigenvalue weighted by Gasteiger charge is -2.23. The maximum absolute atomic E-state index is 11.8. The molecule has 0 atom stereocenters. The molecule has 1 N–H and O–H groups in total. The molecule has 2 heterocycles. The molecular formula is C19H20BrN5O3. The normalized spacial score (nSPS) is 14.9. The number of nitro groups is 1. The molecule has 4 rings (SSSR count). The second kappa shape index (κ2) is 7.75. The first-order chi connectivity index (χ1) is 13.5. The number of benzene rings is 2. The number of hydrogen-bond acceptors (Lipinski definition) is 7. The molecule has 2 aromatic carbocycles. The molecule has 0 bridgehead atoms. The number of rotatable bonds is 4. The van der Waals surface area contributed by atoms with Gasteiger partial charge in [0.05, 0.1) is 10.6 Å². The van der Waals surface area contributed by atoms with E-state index < -0.39 is 4.92 Å². The van der Waals surface area contributed by atoms with Crippen molar-refractivity contribution >= 4 is 49.7 Å². The molecule has 3 aromatic rings. The van der Waals surface area contributed by atoms with Crippen LogP contribution in [0, 0.1) is 17.0 Å². The second-order valence-corrected chi connectivity index (χ2v) is 7.85. The zero-order valence-corrected chi connectivity index (χ0v) is 17.0. The van der Waals surface area contributed by atoms with E-state index in [-0.39, 0.29) is 11.2 Å². The van der Waals surface area contributed by atoms with Gasteiger partial charge < -0.3 is 10.2 Å². The Bertz CT molecular complexity index is 1030. The van der Waals surface area contributed by atoms with E-state index in [0.717, 1.165) is 47.3 Å². The van der Waals surface area contributed by atoms with Gasteiger partial charge in [-0.3, -0.25) is 10.1 Å². The Morgan fingerprint density at radius 3 is 2.54 bits per heavy atom. The fourth-order valence-corrected chi connectivity index (χ4v) is 3.95. The summed E-state index contributed by atoms with van der Waals surface area (Å²) in [5.74, 6) is 0. The third-order valence-corrected chi connectivity index (χ3v) is 5.93. The molecule has 28 heavy (non-hydrogen) atoms. The summed E-state index contributed by atoms with van der Waals surface area (Å²) in [7, 11) is 0. The molecule has 9 heteroatoms. The summed E-state index contributed by atoms with van der Waals surface area (Å²) in [6.45, 7) is 3.76. The van der Waals surface area contributed by atoms with Gasteiger partial charge >= 0.3 is 5.69 Å². The van der Waals surface area contributed by atoms with E-state index in [1.807, 2.05) is 25.1 Å². The smallest absolute Gasteiger partial charge is 0.324 e. The van der Waals surface area contributed by atoms with E-state index in [4.69, 9.17) is 4.63 Å². The lowest BCUT2D eigenvalue weighted by atomic mass is 10.1. The number of hydrogen-bond donors (Lipinski definition) is 1. The van der Waals surface area contributed by atoms with E-state index in [2.05, 4.69) is 36.5 Å². The van der Waals surface area contributed by atoms with Gasteiger partial charge in [0.1, 0.15) is 5.69 Å². The van der Waals surface area contributed by atoms with Gasteiger partial charge in [0.2, 0.25) is 5.52 Å². The first-order valence-corrected chi connectivity index (χ1v) is 10.1. The maximum atomic E-state index is 11.8. The van der Waals surface area contributed by atoms with Crippen LogP contribution >= 0.6 is 15.9 Å². The van der Waals surface area contributed by atoms with Gasteiger partial charge in [-0.15, -0.1) is 0 Å². The molecule has 8 nitrogen and oxygen atoms in total. The third-order valence-electron chi connectivity index (χ3n) is 5.07. The predicted molar refractivity (Wildman–Crippen MR) is 111 cm³/mol. The summed E-state index contributed by atoms with van der Waals surface area (Å²) in [5, 5.41) is 22.8. The molecule has 146 valence electrons. The fraction of sp³-hybridized carbons (Fsp3) is 0.368. The number of anilines is 3. The van der Waals surface area contributed by atoms with Crippen LogP contribution in [0.3, 0.4) is 0 Å². The molecule has 1 fully saturated rings. The number of nitrogens with zero attached hydrogens (tertiary/aromatic N) is 4. The van der Waals surface area contributed by atoms with E-state index >= 15 is 0 Å². The van der Waals surface area contributed by atoms with E-state index in [0.29, 0.717) is 11.2 Å². The van der Waals surface area contributed by atoms with Crippen LogP contribution in [0.5, 0.6) is 0 Å². The van der Waals surface area contributed by atoms with Crippen molar-refractivity contribution in [3.63, 3.8) is 0 Å². The molecule has 1 aromatic heterocycles. The minimum atomic E-state index is -0.440. The maximum Gasteiger partial charge on any atom is 0.324 e. The van der Waals surface area contributed by atoms with Crippen LogP contribution in [0.2, 0.25) is 0 Å². The first kappa shape index (κ1) is 18.7. The van der Waals surface area contributed by atoms with Crippen LogP contribution in [-0.4, -0.2) is 28.3 Å². The Balaban J connectivity index is 1.84. The van der Waals surface area contributed by atoms with Gasteiger partial charge in [0.25, 0.3) is 0 Å². The van der Waals surface area contributed by atoms with Gasteiger partial charge in [0.15, 0.2) is 5.52 Å². The Kier molecular flexibility index (Phi) is 5.17. The summed E-state index contributed by atoms with van der Waals surface area (Å²) in [5.41, 5.74) is 3.50. The molecule has 0 aliphatic carbocycles. The zero-order valence-electron chi connectivity index (χ0n) is 15.4. The molecule has 0 spiro atoms. The number of nitrogens with one attached hydrogen (secondary N) is 1. The van der Waals surface area contributed by atoms with E-state index in [9.17, 15) is 10.1 Å². The average molecular weight is 446 g/mol. The molecular weight excluding hydrogens is 426 g/mol. The molecule has 1 aliphatic heterocycles. The molecule has 1 aliphatic rings. The minimum absolute atomic E-state index is 0.133. The highest BCUT2D eigenvalue weighted by Crippen LogP contribution is 2.40. The standard InChI is InChI=1S/C19H20BrN5O3/c1-12-6-7-13(10-14(12)20)21-15-11-16(24-8-4-2-3-5-9-24)17-18(23-28-22-17)19(15)25(26)27/h6-7,10-11,21H,2-5,8-9H2,1H3. The van der Waals surface area contributed by atoms with E-state index in [1.54, 1.807) is 6.07 Å². The van der Waals surface area contributed by atoms with Crippen molar-refractivity contribution in [1.29, 1.82) is 0 Å². The van der Waals surface area contributed by atoms with Crippen LogP contribution in [0.1, 0.15) is 31.2 Å². The van der Waals surface area contributed by atoms with Crippen LogP contribution in [0.15, 0.2) is 33.4 Å². The second-order valence-electron chi connectivity index (χ2n) is 7.00. The molecule has 0 amide bonds. The topological polar surface area (TPSA) is 97.3 Å². The summed E-state index contributed by atoms with van der Waals surface area (Å²) in [6, 6.07) is 7.53. The highest BCUT2D eigenvalue weighted by Gasteiger charge is 2.28.